The highest BCUT2D eigenvalue weighted by atomic mass is 16.3. The van der Waals surface area contributed by atoms with E-state index in [1.54, 1.807) is 0 Å². The summed E-state index contributed by atoms with van der Waals surface area (Å²) in [6, 6.07) is 51.6. The van der Waals surface area contributed by atoms with E-state index in [2.05, 4.69) is 78.9 Å². The van der Waals surface area contributed by atoms with Crippen LogP contribution in [0.4, 0.5) is 0 Å². The van der Waals surface area contributed by atoms with Gasteiger partial charge in [-0.25, -0.2) is 15.0 Å². The molecule has 0 unspecified atom stereocenters. The van der Waals surface area contributed by atoms with Crippen molar-refractivity contribution < 1.29 is 4.42 Å². The molecule has 4 nitrogen and oxygen atoms in total. The Bertz CT molecular complexity index is 2170. The zero-order valence-electron chi connectivity index (χ0n) is 23.2. The number of rotatable bonds is 5. The van der Waals surface area contributed by atoms with Gasteiger partial charge in [-0.15, -0.1) is 0 Å². The van der Waals surface area contributed by atoms with Gasteiger partial charge in [-0.05, 0) is 52.2 Å². The first-order valence-electron chi connectivity index (χ1n) is 14.3. The van der Waals surface area contributed by atoms with Crippen LogP contribution in [0.15, 0.2) is 156 Å². The first-order valence-corrected chi connectivity index (χ1v) is 14.3. The third kappa shape index (κ3) is 4.65. The fourth-order valence-electron chi connectivity index (χ4n) is 5.63. The van der Waals surface area contributed by atoms with Crippen molar-refractivity contribution in [2.45, 2.75) is 0 Å². The number of benzene rings is 6. The Labute approximate surface area is 249 Å². The molecule has 0 radical (unpaired) electrons. The predicted octanol–water partition coefficient (Wildman–Crippen LogP) is 10.1. The van der Waals surface area contributed by atoms with Gasteiger partial charge >= 0.3 is 0 Å². The van der Waals surface area contributed by atoms with E-state index in [-0.39, 0.29) is 0 Å². The van der Waals surface area contributed by atoms with Crippen LogP contribution in [0.3, 0.4) is 0 Å². The van der Waals surface area contributed by atoms with Crippen LogP contribution in [0.1, 0.15) is 0 Å². The maximum absolute atomic E-state index is 6.08. The zero-order valence-corrected chi connectivity index (χ0v) is 23.2. The van der Waals surface area contributed by atoms with Crippen molar-refractivity contribution in [3.63, 3.8) is 0 Å². The average molecular weight is 552 g/mol. The fourth-order valence-corrected chi connectivity index (χ4v) is 5.63. The lowest BCUT2D eigenvalue weighted by Gasteiger charge is -2.14. The first-order chi connectivity index (χ1) is 21.3. The van der Waals surface area contributed by atoms with E-state index in [0.717, 1.165) is 66.6 Å². The second kappa shape index (κ2) is 10.5. The fraction of sp³-hybridized carbons (Fsp3) is 0. The highest BCUT2D eigenvalue weighted by molar-refractivity contribution is 6.05. The van der Waals surface area contributed by atoms with Gasteiger partial charge in [0.25, 0.3) is 0 Å². The number of hydrogen-bond donors (Lipinski definition) is 0. The summed E-state index contributed by atoms with van der Waals surface area (Å²) in [6.07, 6.45) is 0. The van der Waals surface area contributed by atoms with Crippen LogP contribution in [-0.4, -0.2) is 15.0 Å². The molecule has 8 aromatic rings. The monoisotopic (exact) mass is 551 g/mol. The third-order valence-electron chi connectivity index (χ3n) is 7.75. The highest BCUT2D eigenvalue weighted by Crippen LogP contribution is 2.38. The first kappa shape index (κ1) is 24.9. The molecule has 0 saturated heterocycles. The van der Waals surface area contributed by atoms with Gasteiger partial charge < -0.3 is 4.42 Å². The lowest BCUT2D eigenvalue weighted by atomic mass is 9.93. The number of nitrogens with zero attached hydrogens (tertiary/aromatic N) is 3. The Balaban J connectivity index is 1.28. The molecule has 4 heteroatoms. The van der Waals surface area contributed by atoms with E-state index in [9.17, 15) is 0 Å². The van der Waals surface area contributed by atoms with Crippen LogP contribution in [0.2, 0.25) is 0 Å². The van der Waals surface area contributed by atoms with Gasteiger partial charge in [-0.2, -0.15) is 0 Å². The van der Waals surface area contributed by atoms with Crippen LogP contribution in [0.25, 0.3) is 78.4 Å². The molecule has 0 aliphatic carbocycles. The van der Waals surface area contributed by atoms with E-state index in [1.807, 2.05) is 72.8 Å². The minimum Gasteiger partial charge on any atom is -0.436 e. The van der Waals surface area contributed by atoms with Crippen molar-refractivity contribution in [3.05, 3.63) is 152 Å². The van der Waals surface area contributed by atoms with E-state index >= 15 is 0 Å². The molecular formula is C39H25N3O. The van der Waals surface area contributed by atoms with Crippen LogP contribution < -0.4 is 0 Å². The summed E-state index contributed by atoms with van der Waals surface area (Å²) in [6.45, 7) is 0. The quantitative estimate of drug-likeness (QED) is 0.214. The van der Waals surface area contributed by atoms with E-state index in [1.165, 1.54) is 0 Å². The van der Waals surface area contributed by atoms with Gasteiger partial charge in [0.05, 0.1) is 11.4 Å². The minimum absolute atomic E-state index is 0.625. The second-order valence-corrected chi connectivity index (χ2v) is 10.5. The SMILES string of the molecule is c1ccc(-c2cc(-c3ccc(-c4ccc5oc(-c6ccccc6)nc5c4)c4ccccc34)nc(-c3ccccc3)n2)cc1. The Kier molecular flexibility index (Phi) is 6.08. The molecule has 0 N–H and O–H groups in total. The Morgan fingerprint density at radius 3 is 1.70 bits per heavy atom. The van der Waals surface area contributed by atoms with Crippen molar-refractivity contribution >= 4 is 21.9 Å². The summed E-state index contributed by atoms with van der Waals surface area (Å²) < 4.78 is 6.08. The molecule has 202 valence electrons. The molecule has 0 aliphatic heterocycles. The Morgan fingerprint density at radius 2 is 0.977 bits per heavy atom. The molecular weight excluding hydrogens is 526 g/mol. The highest BCUT2D eigenvalue weighted by Gasteiger charge is 2.16. The molecule has 2 aromatic heterocycles. The van der Waals surface area contributed by atoms with E-state index < -0.39 is 0 Å². The number of aromatic nitrogens is 3. The molecule has 0 atom stereocenters. The second-order valence-electron chi connectivity index (χ2n) is 10.5. The van der Waals surface area contributed by atoms with Crippen molar-refractivity contribution in [2.24, 2.45) is 0 Å². The smallest absolute Gasteiger partial charge is 0.227 e. The average Bonchev–Trinajstić information content (AvgIpc) is 3.52. The molecule has 0 amide bonds. The van der Waals surface area contributed by atoms with Crippen LogP contribution in [0, 0.1) is 0 Å². The van der Waals surface area contributed by atoms with Crippen molar-refractivity contribution in [1.29, 1.82) is 0 Å². The summed E-state index contributed by atoms with van der Waals surface area (Å²) in [5, 5.41) is 2.27. The number of hydrogen-bond acceptors (Lipinski definition) is 4. The molecule has 6 aromatic carbocycles. The maximum Gasteiger partial charge on any atom is 0.227 e. The molecule has 8 rings (SSSR count). The maximum atomic E-state index is 6.08. The zero-order chi connectivity index (χ0) is 28.6. The largest absolute Gasteiger partial charge is 0.436 e. The van der Waals surface area contributed by atoms with Gasteiger partial charge in [-0.1, -0.05) is 121 Å². The predicted molar refractivity (Wildman–Crippen MR) is 174 cm³/mol. The van der Waals surface area contributed by atoms with Crippen LogP contribution in [0.5, 0.6) is 0 Å². The van der Waals surface area contributed by atoms with Crippen molar-refractivity contribution in [3.8, 4) is 56.5 Å². The minimum atomic E-state index is 0.625. The summed E-state index contributed by atoms with van der Waals surface area (Å²) in [7, 11) is 0. The molecule has 0 spiro atoms. The summed E-state index contributed by atoms with van der Waals surface area (Å²) in [4.78, 5) is 14.9. The molecule has 0 fully saturated rings. The van der Waals surface area contributed by atoms with Gasteiger partial charge in [0.2, 0.25) is 5.89 Å². The van der Waals surface area contributed by atoms with Crippen LogP contribution in [-0.2, 0) is 0 Å². The van der Waals surface area contributed by atoms with E-state index in [0.29, 0.717) is 11.7 Å². The van der Waals surface area contributed by atoms with Crippen molar-refractivity contribution in [2.75, 3.05) is 0 Å². The molecule has 43 heavy (non-hydrogen) atoms. The van der Waals surface area contributed by atoms with E-state index in [4.69, 9.17) is 19.4 Å². The van der Waals surface area contributed by atoms with Crippen molar-refractivity contribution in [1.82, 2.24) is 15.0 Å². The Morgan fingerprint density at radius 1 is 0.395 bits per heavy atom. The summed E-state index contributed by atoms with van der Waals surface area (Å²) in [5.74, 6) is 1.33. The lowest BCUT2D eigenvalue weighted by molar-refractivity contribution is 0.620. The lowest BCUT2D eigenvalue weighted by Crippen LogP contribution is -1.96. The van der Waals surface area contributed by atoms with Crippen LogP contribution >= 0.6 is 0 Å². The molecule has 0 bridgehead atoms. The summed E-state index contributed by atoms with van der Waals surface area (Å²) in [5.41, 5.74) is 9.66. The molecule has 2 heterocycles. The van der Waals surface area contributed by atoms with Gasteiger partial charge in [0, 0.05) is 22.3 Å². The van der Waals surface area contributed by atoms with Gasteiger partial charge in [-0.3, -0.25) is 0 Å². The molecule has 0 saturated carbocycles. The summed E-state index contributed by atoms with van der Waals surface area (Å²) >= 11 is 0. The topological polar surface area (TPSA) is 51.8 Å². The standard InChI is InChI=1S/C39H25N3O/c1-4-12-26(13-5-1)34-25-35(41-38(40-34)27-14-6-2-7-15-27)33-22-21-30(31-18-10-11-19-32(31)33)29-20-23-37-36(24-29)42-39(43-37)28-16-8-3-9-17-28/h1-25H. The normalized spacial score (nSPS) is 11.3. The Hall–Kier alpha value is -5.87. The van der Waals surface area contributed by atoms with Gasteiger partial charge in [0.15, 0.2) is 11.4 Å². The molecule has 0 aliphatic rings. The number of fused-ring (bicyclic) bond motifs is 2. The van der Waals surface area contributed by atoms with Gasteiger partial charge in [0.1, 0.15) is 5.52 Å². The number of oxazole rings is 1. The third-order valence-corrected chi connectivity index (χ3v) is 7.75.